The molecule has 0 aliphatic carbocycles. The minimum Gasteiger partial charge on any atom is -0.495 e. The first-order valence-corrected chi connectivity index (χ1v) is 13.3. The highest BCUT2D eigenvalue weighted by atomic mass is 32.1. The molecule has 0 unspecified atom stereocenters. The maximum absolute atomic E-state index is 12.3. The Morgan fingerprint density at radius 1 is 1.16 bits per heavy atom. The summed E-state index contributed by atoms with van der Waals surface area (Å²) in [6, 6.07) is 13.3. The topological polar surface area (TPSA) is 93.5 Å². The SMILES string of the molecule is COCC(=O)Nc1cc(N2C(=S)N[C@@H](c3ccccn3)[C@@H]2c2cc(C)n(-c3nccs3)c2C)ccc1OC. The maximum Gasteiger partial charge on any atom is 0.250 e. The lowest BCUT2D eigenvalue weighted by atomic mass is 9.96. The summed E-state index contributed by atoms with van der Waals surface area (Å²) in [6.07, 6.45) is 3.60. The van der Waals surface area contributed by atoms with Gasteiger partial charge in [0.1, 0.15) is 12.4 Å². The molecule has 38 heavy (non-hydrogen) atoms. The van der Waals surface area contributed by atoms with Crippen LogP contribution < -0.4 is 20.3 Å². The smallest absolute Gasteiger partial charge is 0.250 e. The monoisotopic (exact) mass is 548 g/mol. The zero-order valence-electron chi connectivity index (χ0n) is 21.5. The molecule has 0 bridgehead atoms. The minimum absolute atomic E-state index is 0.0653. The molecule has 11 heteroatoms. The number of amides is 1. The molecule has 2 N–H and O–H groups in total. The summed E-state index contributed by atoms with van der Waals surface area (Å²) in [5.41, 5.74) is 5.46. The first-order valence-electron chi connectivity index (χ1n) is 12.0. The number of nitrogens with zero attached hydrogens (tertiary/aromatic N) is 4. The van der Waals surface area contributed by atoms with Gasteiger partial charge in [0.25, 0.3) is 0 Å². The number of carbonyl (C=O) groups excluding carboxylic acids is 1. The number of thiazole rings is 1. The number of hydrogen-bond acceptors (Lipinski definition) is 7. The Balaban J connectivity index is 1.64. The third kappa shape index (κ3) is 4.75. The molecule has 5 rings (SSSR count). The molecule has 196 valence electrons. The molecule has 1 saturated heterocycles. The highest BCUT2D eigenvalue weighted by Crippen LogP contribution is 2.45. The lowest BCUT2D eigenvalue weighted by Crippen LogP contribution is -2.29. The van der Waals surface area contributed by atoms with Gasteiger partial charge in [-0.1, -0.05) is 6.07 Å². The number of aryl methyl sites for hydroxylation is 1. The molecule has 0 spiro atoms. The van der Waals surface area contributed by atoms with Crippen molar-refractivity contribution in [3.05, 3.63) is 82.9 Å². The molecule has 0 radical (unpaired) electrons. The van der Waals surface area contributed by atoms with Crippen molar-refractivity contribution >= 4 is 45.9 Å². The van der Waals surface area contributed by atoms with Gasteiger partial charge in [0.15, 0.2) is 10.2 Å². The average molecular weight is 549 g/mol. The van der Waals surface area contributed by atoms with Gasteiger partial charge in [-0.05, 0) is 68.0 Å². The number of benzene rings is 1. The normalized spacial score (nSPS) is 16.9. The average Bonchev–Trinajstić information content (AvgIpc) is 3.62. The van der Waals surface area contributed by atoms with Gasteiger partial charge in [-0.2, -0.15) is 0 Å². The van der Waals surface area contributed by atoms with Crippen molar-refractivity contribution in [1.29, 1.82) is 0 Å². The van der Waals surface area contributed by atoms with Crippen LogP contribution in [0, 0.1) is 13.8 Å². The fraction of sp³-hybridized carbons (Fsp3) is 0.259. The standard InChI is InChI=1S/C27H28N6O3S2/c1-16-13-19(17(2)32(16)27-29-11-12-38-27)25-24(20-7-5-6-10-28-20)31-26(37)33(25)18-8-9-22(36-4)21(14-18)30-23(34)15-35-3/h5-14,24-25H,15H2,1-4H3,(H,30,34)(H,31,37)/t24-,25-/m0/s1. The highest BCUT2D eigenvalue weighted by molar-refractivity contribution is 7.80. The third-order valence-corrected chi connectivity index (χ3v) is 7.58. The summed E-state index contributed by atoms with van der Waals surface area (Å²) >= 11 is 7.50. The first-order chi connectivity index (χ1) is 18.4. The number of thiocarbonyl (C=S) groups is 1. The molecule has 1 fully saturated rings. The van der Waals surface area contributed by atoms with Crippen molar-refractivity contribution in [2.45, 2.75) is 25.9 Å². The van der Waals surface area contributed by atoms with E-state index in [1.807, 2.05) is 48.0 Å². The Hall–Kier alpha value is -3.80. The Morgan fingerprint density at radius 3 is 2.68 bits per heavy atom. The molecule has 0 saturated carbocycles. The molecule has 4 aromatic rings. The minimum atomic E-state index is -0.278. The van der Waals surface area contributed by atoms with Crippen molar-refractivity contribution in [2.24, 2.45) is 0 Å². The molecule has 1 amide bonds. The Labute approximate surface area is 230 Å². The lowest BCUT2D eigenvalue weighted by molar-refractivity contribution is -0.119. The molecule has 9 nitrogen and oxygen atoms in total. The largest absolute Gasteiger partial charge is 0.495 e. The van der Waals surface area contributed by atoms with Crippen molar-refractivity contribution in [3.63, 3.8) is 0 Å². The Morgan fingerprint density at radius 2 is 2.00 bits per heavy atom. The number of carbonyl (C=O) groups is 1. The molecule has 3 aromatic heterocycles. The molecule has 1 aliphatic heterocycles. The third-order valence-electron chi connectivity index (χ3n) is 6.51. The quantitative estimate of drug-likeness (QED) is 0.306. The number of nitrogens with one attached hydrogen (secondary N) is 2. The number of hydrogen-bond donors (Lipinski definition) is 2. The fourth-order valence-corrected chi connectivity index (χ4v) is 6.02. The molecular weight excluding hydrogens is 520 g/mol. The number of ether oxygens (including phenoxy) is 2. The van der Waals surface area contributed by atoms with Gasteiger partial charge >= 0.3 is 0 Å². The lowest BCUT2D eigenvalue weighted by Gasteiger charge is -2.29. The zero-order chi connectivity index (χ0) is 26.8. The van der Waals surface area contributed by atoms with Crippen LogP contribution in [0.5, 0.6) is 5.75 Å². The first kappa shape index (κ1) is 25.8. The highest BCUT2D eigenvalue weighted by Gasteiger charge is 2.42. The van der Waals surface area contributed by atoms with Crippen LogP contribution >= 0.6 is 23.6 Å². The van der Waals surface area contributed by atoms with E-state index in [9.17, 15) is 4.79 Å². The van der Waals surface area contributed by atoms with Crippen molar-refractivity contribution < 1.29 is 14.3 Å². The summed E-state index contributed by atoms with van der Waals surface area (Å²) in [7, 11) is 3.04. The van der Waals surface area contributed by atoms with E-state index < -0.39 is 0 Å². The fourth-order valence-electron chi connectivity index (χ4n) is 4.92. The van der Waals surface area contributed by atoms with E-state index in [-0.39, 0.29) is 24.6 Å². The molecule has 1 aliphatic rings. The van der Waals surface area contributed by atoms with Crippen LogP contribution in [0.1, 0.15) is 34.7 Å². The van der Waals surface area contributed by atoms with Crippen molar-refractivity contribution in [2.75, 3.05) is 31.0 Å². The van der Waals surface area contributed by atoms with Gasteiger partial charge in [-0.15, -0.1) is 11.3 Å². The van der Waals surface area contributed by atoms with Crippen LogP contribution in [0.2, 0.25) is 0 Å². The molecule has 4 heterocycles. The van der Waals surface area contributed by atoms with E-state index in [1.54, 1.807) is 24.6 Å². The Bertz CT molecular complexity index is 1460. The second kappa shape index (κ2) is 10.9. The summed E-state index contributed by atoms with van der Waals surface area (Å²) in [6.45, 7) is 4.11. The predicted molar refractivity (Wildman–Crippen MR) is 152 cm³/mol. The van der Waals surface area contributed by atoms with Gasteiger partial charge in [-0.3, -0.25) is 14.3 Å². The summed E-state index contributed by atoms with van der Waals surface area (Å²) < 4.78 is 12.7. The summed E-state index contributed by atoms with van der Waals surface area (Å²) in [4.78, 5) is 23.6. The van der Waals surface area contributed by atoms with Crippen LogP contribution in [0.3, 0.4) is 0 Å². The van der Waals surface area contributed by atoms with Crippen molar-refractivity contribution in [3.8, 4) is 10.9 Å². The number of rotatable bonds is 8. The van der Waals surface area contributed by atoms with Gasteiger partial charge in [0, 0.05) is 42.0 Å². The van der Waals surface area contributed by atoms with E-state index in [2.05, 4.69) is 50.0 Å². The number of anilines is 2. The van der Waals surface area contributed by atoms with Gasteiger partial charge < -0.3 is 25.0 Å². The van der Waals surface area contributed by atoms with E-state index in [4.69, 9.17) is 21.7 Å². The van der Waals surface area contributed by atoms with Crippen LogP contribution in [0.4, 0.5) is 11.4 Å². The summed E-state index contributed by atoms with van der Waals surface area (Å²) in [5.74, 6) is 0.260. The number of aromatic nitrogens is 3. The van der Waals surface area contributed by atoms with E-state index >= 15 is 0 Å². The molecule has 1 aromatic carbocycles. The summed E-state index contributed by atoms with van der Waals surface area (Å²) in [5, 5.41) is 9.82. The van der Waals surface area contributed by atoms with E-state index in [1.165, 1.54) is 7.11 Å². The Kier molecular flexibility index (Phi) is 7.41. The van der Waals surface area contributed by atoms with E-state index in [0.717, 1.165) is 33.5 Å². The van der Waals surface area contributed by atoms with Crippen LogP contribution in [0.25, 0.3) is 5.13 Å². The van der Waals surface area contributed by atoms with Gasteiger partial charge in [0.2, 0.25) is 5.91 Å². The van der Waals surface area contributed by atoms with Crippen LogP contribution in [0.15, 0.2) is 60.2 Å². The zero-order valence-corrected chi connectivity index (χ0v) is 23.1. The second-order valence-electron chi connectivity index (χ2n) is 8.84. The molecule has 2 atom stereocenters. The molecular formula is C27H28N6O3S2. The van der Waals surface area contributed by atoms with Gasteiger partial charge in [-0.25, -0.2) is 4.98 Å². The van der Waals surface area contributed by atoms with Gasteiger partial charge in [0.05, 0.1) is 30.6 Å². The van der Waals surface area contributed by atoms with Crippen LogP contribution in [-0.2, 0) is 9.53 Å². The maximum atomic E-state index is 12.3. The van der Waals surface area contributed by atoms with E-state index in [0.29, 0.717) is 16.5 Å². The van der Waals surface area contributed by atoms with Crippen molar-refractivity contribution in [1.82, 2.24) is 19.9 Å². The second-order valence-corrected chi connectivity index (χ2v) is 10.1. The van der Waals surface area contributed by atoms with Crippen LogP contribution in [-0.4, -0.2) is 46.4 Å². The number of pyridine rings is 1. The predicted octanol–water partition coefficient (Wildman–Crippen LogP) is 4.72. The number of methoxy groups -OCH3 is 2.